The monoisotopic (exact) mass is 244 g/mol. The first kappa shape index (κ1) is 12.9. The number of H-pyrrole nitrogens is 1. The van der Waals surface area contributed by atoms with E-state index < -0.39 is 11.2 Å². The van der Waals surface area contributed by atoms with Crippen LogP contribution in [0.2, 0.25) is 0 Å². The van der Waals surface area contributed by atoms with Crippen molar-refractivity contribution in [1.29, 1.82) is 0 Å². The van der Waals surface area contributed by atoms with Gasteiger partial charge in [0.05, 0.1) is 24.3 Å². The average molecular weight is 244 g/mol. The molecule has 16 heavy (non-hydrogen) atoms. The lowest BCUT2D eigenvalue weighted by Gasteiger charge is -2.10. The molecule has 0 aliphatic rings. The number of carbonyl (C=O) groups excluding carboxylic acids is 1. The summed E-state index contributed by atoms with van der Waals surface area (Å²) in [6.07, 6.45) is 1.59. The highest BCUT2D eigenvalue weighted by Crippen LogP contribution is 2.06. The largest absolute Gasteiger partial charge is 0.616 e. The standard InChI is InChI=1S/C9H16N4O2S/c1-7-8(13-6-12-7)5-16(15)4-3-11-9(14)10-2/h6H,3-5H2,1-2H3,(H,12,13)(H2,10,11,14). The van der Waals surface area contributed by atoms with Gasteiger partial charge in [0.15, 0.2) is 0 Å². The van der Waals surface area contributed by atoms with Crippen molar-refractivity contribution in [3.8, 4) is 0 Å². The van der Waals surface area contributed by atoms with Gasteiger partial charge in [-0.25, -0.2) is 9.78 Å². The molecule has 0 saturated heterocycles. The Hall–Kier alpha value is -1.21. The molecule has 0 saturated carbocycles. The molecule has 1 aromatic rings. The van der Waals surface area contributed by atoms with Crippen LogP contribution in [0.15, 0.2) is 6.33 Å². The van der Waals surface area contributed by atoms with E-state index in [-0.39, 0.29) is 6.03 Å². The number of aryl methyl sites for hydroxylation is 1. The number of nitrogens with one attached hydrogen (secondary N) is 3. The van der Waals surface area contributed by atoms with Gasteiger partial charge in [-0.2, -0.15) is 0 Å². The first-order valence-corrected chi connectivity index (χ1v) is 6.41. The van der Waals surface area contributed by atoms with Crippen molar-refractivity contribution in [3.63, 3.8) is 0 Å². The minimum atomic E-state index is -0.992. The zero-order valence-corrected chi connectivity index (χ0v) is 10.2. The predicted octanol–water partition coefficient (Wildman–Crippen LogP) is -0.104. The maximum atomic E-state index is 11.6. The Bertz CT molecular complexity index is 342. The van der Waals surface area contributed by atoms with Crippen LogP contribution in [0.5, 0.6) is 0 Å². The third-order valence-electron chi connectivity index (χ3n) is 2.08. The molecule has 0 aliphatic carbocycles. The Kier molecular flexibility index (Phi) is 5.13. The lowest BCUT2D eigenvalue weighted by atomic mass is 10.4. The number of aromatic amines is 1. The Labute approximate surface area is 97.4 Å². The van der Waals surface area contributed by atoms with Crippen molar-refractivity contribution in [1.82, 2.24) is 20.6 Å². The van der Waals surface area contributed by atoms with Gasteiger partial charge in [0.1, 0.15) is 11.5 Å². The summed E-state index contributed by atoms with van der Waals surface area (Å²) in [6.45, 7) is 2.27. The summed E-state index contributed by atoms with van der Waals surface area (Å²) in [5, 5.41) is 5.02. The Morgan fingerprint density at radius 1 is 1.69 bits per heavy atom. The van der Waals surface area contributed by atoms with Crippen LogP contribution in [0.1, 0.15) is 11.4 Å². The van der Waals surface area contributed by atoms with Crippen LogP contribution in [0.3, 0.4) is 0 Å². The van der Waals surface area contributed by atoms with Crippen molar-refractivity contribution in [3.05, 3.63) is 17.7 Å². The van der Waals surface area contributed by atoms with Gasteiger partial charge >= 0.3 is 6.03 Å². The van der Waals surface area contributed by atoms with Crippen molar-refractivity contribution < 1.29 is 9.35 Å². The van der Waals surface area contributed by atoms with E-state index in [0.29, 0.717) is 18.1 Å². The summed E-state index contributed by atoms with van der Waals surface area (Å²) in [6, 6.07) is -0.255. The minimum Gasteiger partial charge on any atom is -0.616 e. The quantitative estimate of drug-likeness (QED) is 0.631. The van der Waals surface area contributed by atoms with Crippen LogP contribution in [-0.4, -0.2) is 39.9 Å². The van der Waals surface area contributed by atoms with E-state index >= 15 is 0 Å². The number of amides is 2. The first-order chi connectivity index (χ1) is 7.63. The topological polar surface area (TPSA) is 92.9 Å². The fourth-order valence-electron chi connectivity index (χ4n) is 1.14. The van der Waals surface area contributed by atoms with Gasteiger partial charge in [-0.1, -0.05) is 0 Å². The van der Waals surface area contributed by atoms with Crippen LogP contribution in [0, 0.1) is 6.92 Å². The van der Waals surface area contributed by atoms with Crippen LogP contribution < -0.4 is 10.6 Å². The number of aromatic nitrogens is 2. The summed E-state index contributed by atoms with van der Waals surface area (Å²) in [5.74, 6) is 0.882. The second-order valence-electron chi connectivity index (χ2n) is 3.26. The fourth-order valence-corrected chi connectivity index (χ4v) is 2.22. The number of imidazole rings is 1. The van der Waals surface area contributed by atoms with E-state index in [1.54, 1.807) is 13.4 Å². The van der Waals surface area contributed by atoms with E-state index in [0.717, 1.165) is 11.4 Å². The van der Waals surface area contributed by atoms with E-state index in [1.165, 1.54) is 0 Å². The SMILES string of the molecule is CNC(=O)NCC[S+]([O-])Cc1[nH]cnc1C. The van der Waals surface area contributed by atoms with Gasteiger partial charge in [-0.05, 0) is 18.1 Å². The molecule has 6 nitrogen and oxygen atoms in total. The number of nitrogens with zero attached hydrogens (tertiary/aromatic N) is 1. The molecule has 1 rings (SSSR count). The average Bonchev–Trinajstić information content (AvgIpc) is 2.64. The summed E-state index contributed by atoms with van der Waals surface area (Å²) in [4.78, 5) is 17.8. The highest BCUT2D eigenvalue weighted by atomic mass is 32.2. The summed E-state index contributed by atoms with van der Waals surface area (Å²) in [5.41, 5.74) is 1.76. The molecule has 0 radical (unpaired) electrons. The van der Waals surface area contributed by atoms with E-state index in [9.17, 15) is 9.35 Å². The predicted molar refractivity (Wildman–Crippen MR) is 62.5 cm³/mol. The summed E-state index contributed by atoms with van der Waals surface area (Å²) >= 11 is -0.992. The van der Waals surface area contributed by atoms with Crippen LogP contribution >= 0.6 is 0 Å². The third kappa shape index (κ3) is 4.11. The van der Waals surface area contributed by atoms with Gasteiger partial charge in [-0.3, -0.25) is 0 Å². The molecule has 0 bridgehead atoms. The zero-order chi connectivity index (χ0) is 12.0. The Morgan fingerprint density at radius 2 is 2.44 bits per heavy atom. The lowest BCUT2D eigenvalue weighted by Crippen LogP contribution is -2.36. The molecule has 1 aromatic heterocycles. The number of rotatable bonds is 5. The zero-order valence-electron chi connectivity index (χ0n) is 9.37. The van der Waals surface area contributed by atoms with E-state index in [4.69, 9.17) is 0 Å². The number of hydrogen-bond donors (Lipinski definition) is 3. The molecule has 0 fully saturated rings. The maximum absolute atomic E-state index is 11.6. The first-order valence-electron chi connectivity index (χ1n) is 4.93. The van der Waals surface area contributed by atoms with E-state index in [1.807, 2.05) is 6.92 Å². The highest BCUT2D eigenvalue weighted by molar-refractivity contribution is 7.90. The van der Waals surface area contributed by atoms with Crippen molar-refractivity contribution in [2.24, 2.45) is 0 Å². The molecular formula is C9H16N4O2S. The summed E-state index contributed by atoms with van der Waals surface area (Å²) < 4.78 is 11.6. The summed E-state index contributed by atoms with van der Waals surface area (Å²) in [7, 11) is 1.54. The Balaban J connectivity index is 2.24. The molecule has 0 aliphatic heterocycles. The van der Waals surface area contributed by atoms with Gasteiger partial charge < -0.3 is 20.2 Å². The Morgan fingerprint density at radius 3 is 3.00 bits per heavy atom. The second-order valence-corrected chi connectivity index (χ2v) is 4.84. The molecule has 3 N–H and O–H groups in total. The third-order valence-corrected chi connectivity index (χ3v) is 3.35. The van der Waals surface area contributed by atoms with Gasteiger partial charge in [0.2, 0.25) is 0 Å². The minimum absolute atomic E-state index is 0.255. The normalized spacial score (nSPS) is 12.2. The number of urea groups is 1. The molecule has 1 heterocycles. The van der Waals surface area contributed by atoms with Crippen LogP contribution in [0.25, 0.3) is 0 Å². The molecule has 1 unspecified atom stereocenters. The molecular weight excluding hydrogens is 228 g/mol. The number of carbonyl (C=O) groups is 1. The van der Waals surface area contributed by atoms with Crippen LogP contribution in [0.4, 0.5) is 4.79 Å². The van der Waals surface area contributed by atoms with E-state index in [2.05, 4.69) is 20.6 Å². The molecule has 2 amide bonds. The molecule has 0 aromatic carbocycles. The van der Waals surface area contributed by atoms with Gasteiger partial charge in [0.25, 0.3) is 0 Å². The van der Waals surface area contributed by atoms with Crippen molar-refractivity contribution in [2.75, 3.05) is 19.3 Å². The van der Waals surface area contributed by atoms with Gasteiger partial charge in [0, 0.05) is 7.05 Å². The molecule has 1 atom stereocenters. The lowest BCUT2D eigenvalue weighted by molar-refractivity contribution is 0.243. The van der Waals surface area contributed by atoms with Crippen molar-refractivity contribution >= 4 is 17.2 Å². The van der Waals surface area contributed by atoms with Crippen LogP contribution in [-0.2, 0) is 16.9 Å². The van der Waals surface area contributed by atoms with Crippen molar-refractivity contribution in [2.45, 2.75) is 12.7 Å². The maximum Gasteiger partial charge on any atom is 0.314 e. The molecule has 0 spiro atoms. The fraction of sp³-hybridized carbons (Fsp3) is 0.556. The van der Waals surface area contributed by atoms with Gasteiger partial charge in [-0.15, -0.1) is 0 Å². The molecule has 7 heteroatoms. The highest BCUT2D eigenvalue weighted by Gasteiger charge is 2.11. The smallest absolute Gasteiger partial charge is 0.314 e. The second kappa shape index (κ2) is 6.39. The number of hydrogen-bond acceptors (Lipinski definition) is 3. The molecule has 90 valence electrons.